The minimum Gasteiger partial charge on any atom is -0.349 e. The fourth-order valence-corrected chi connectivity index (χ4v) is 3.69. The van der Waals surface area contributed by atoms with Gasteiger partial charge in [-0.25, -0.2) is 4.68 Å². The van der Waals surface area contributed by atoms with E-state index in [2.05, 4.69) is 16.7 Å². The fraction of sp³-hybridized carbons (Fsp3) is 0.667. The quantitative estimate of drug-likeness (QED) is 0.925. The summed E-state index contributed by atoms with van der Waals surface area (Å²) in [5, 5.41) is 7.75. The average molecular weight is 309 g/mol. The second-order valence-electron chi connectivity index (χ2n) is 5.71. The zero-order valence-corrected chi connectivity index (χ0v) is 13.9. The van der Waals surface area contributed by atoms with E-state index in [1.807, 2.05) is 18.7 Å². The van der Waals surface area contributed by atoms with Gasteiger partial charge in [0.2, 0.25) is 0 Å². The van der Waals surface area contributed by atoms with Crippen molar-refractivity contribution in [1.29, 1.82) is 0 Å². The minimum atomic E-state index is -0.326. The maximum atomic E-state index is 12.5. The van der Waals surface area contributed by atoms with Gasteiger partial charge in [0.25, 0.3) is 11.5 Å². The van der Waals surface area contributed by atoms with Crippen LogP contribution in [0.15, 0.2) is 4.79 Å². The smallest absolute Gasteiger partial charge is 0.279 e. The topological polar surface area (TPSA) is 64.0 Å². The van der Waals surface area contributed by atoms with Crippen LogP contribution in [0.5, 0.6) is 0 Å². The Morgan fingerprint density at radius 1 is 1.38 bits per heavy atom. The summed E-state index contributed by atoms with van der Waals surface area (Å²) in [7, 11) is 1.58. The fourth-order valence-electron chi connectivity index (χ4n) is 2.86. The van der Waals surface area contributed by atoms with Crippen LogP contribution in [0.2, 0.25) is 0 Å². The van der Waals surface area contributed by atoms with Gasteiger partial charge >= 0.3 is 0 Å². The van der Waals surface area contributed by atoms with Crippen LogP contribution in [-0.4, -0.2) is 33.2 Å². The molecular formula is C15H23N3O2S. The van der Waals surface area contributed by atoms with Gasteiger partial charge in [-0.1, -0.05) is 6.42 Å². The van der Waals surface area contributed by atoms with E-state index in [4.69, 9.17) is 0 Å². The molecular weight excluding hydrogens is 286 g/mol. The SMILES string of the molecule is CS[C@H]1CCC[C@@H](NC(=O)c2c(C)c(C)nn(C)c2=O)C1. The molecule has 0 aliphatic heterocycles. The first-order chi connectivity index (χ1) is 9.93. The Morgan fingerprint density at radius 3 is 2.76 bits per heavy atom. The molecule has 0 unspecified atom stereocenters. The van der Waals surface area contributed by atoms with Crippen LogP contribution in [0.4, 0.5) is 0 Å². The second kappa shape index (κ2) is 6.64. The molecule has 5 nitrogen and oxygen atoms in total. The first-order valence-corrected chi connectivity index (χ1v) is 8.61. The van der Waals surface area contributed by atoms with Crippen LogP contribution in [0, 0.1) is 13.8 Å². The number of hydrogen-bond acceptors (Lipinski definition) is 4. The van der Waals surface area contributed by atoms with Gasteiger partial charge < -0.3 is 5.32 Å². The lowest BCUT2D eigenvalue weighted by molar-refractivity contribution is 0.0925. The van der Waals surface area contributed by atoms with Crippen molar-refractivity contribution in [1.82, 2.24) is 15.1 Å². The van der Waals surface area contributed by atoms with Gasteiger partial charge in [-0.15, -0.1) is 0 Å². The van der Waals surface area contributed by atoms with E-state index in [1.54, 1.807) is 14.0 Å². The van der Waals surface area contributed by atoms with Crippen LogP contribution in [0.1, 0.15) is 47.3 Å². The highest BCUT2D eigenvalue weighted by molar-refractivity contribution is 7.99. The van der Waals surface area contributed by atoms with E-state index in [1.165, 1.54) is 11.1 Å². The van der Waals surface area contributed by atoms with Crippen LogP contribution in [-0.2, 0) is 7.05 Å². The zero-order chi connectivity index (χ0) is 15.6. The van der Waals surface area contributed by atoms with Crippen molar-refractivity contribution in [2.75, 3.05) is 6.26 Å². The standard InChI is InChI=1S/C15H23N3O2S/c1-9-10(2)17-18(3)15(20)13(9)14(19)16-11-6-5-7-12(8-11)21-4/h11-12H,5-8H2,1-4H3,(H,16,19)/t11-,12+/m1/s1. The molecule has 0 saturated heterocycles. The van der Waals surface area contributed by atoms with E-state index < -0.39 is 0 Å². The molecule has 1 saturated carbocycles. The van der Waals surface area contributed by atoms with Gasteiger partial charge in [-0.3, -0.25) is 9.59 Å². The third-order valence-electron chi connectivity index (χ3n) is 4.25. The minimum absolute atomic E-state index is 0.168. The summed E-state index contributed by atoms with van der Waals surface area (Å²) in [6.07, 6.45) is 6.43. The number of carbonyl (C=O) groups excluding carboxylic acids is 1. The summed E-state index contributed by atoms with van der Waals surface area (Å²) in [5.41, 5.74) is 1.30. The number of thioether (sulfide) groups is 1. The molecule has 0 bridgehead atoms. The van der Waals surface area contributed by atoms with Gasteiger partial charge in [-0.05, 0) is 44.9 Å². The number of amides is 1. The first-order valence-electron chi connectivity index (χ1n) is 7.32. The molecule has 1 fully saturated rings. The predicted molar refractivity (Wildman–Crippen MR) is 86.0 cm³/mol. The molecule has 1 heterocycles. The van der Waals surface area contributed by atoms with Crippen LogP contribution in [0.3, 0.4) is 0 Å². The molecule has 1 amide bonds. The summed E-state index contributed by atoms with van der Waals surface area (Å²) in [6, 6.07) is 0.168. The Morgan fingerprint density at radius 2 is 2.10 bits per heavy atom. The Balaban J connectivity index is 2.19. The number of carbonyl (C=O) groups is 1. The molecule has 0 radical (unpaired) electrons. The van der Waals surface area contributed by atoms with Crippen molar-refractivity contribution in [3.8, 4) is 0 Å². The molecule has 2 rings (SSSR count). The molecule has 1 aliphatic carbocycles. The maximum Gasteiger partial charge on any atom is 0.279 e. The summed E-state index contributed by atoms with van der Waals surface area (Å²) in [4.78, 5) is 24.7. The summed E-state index contributed by atoms with van der Waals surface area (Å²) in [6.45, 7) is 3.60. The molecule has 2 atom stereocenters. The lowest BCUT2D eigenvalue weighted by Crippen LogP contribution is -2.42. The van der Waals surface area contributed by atoms with Crippen molar-refractivity contribution in [2.24, 2.45) is 7.05 Å². The van der Waals surface area contributed by atoms with Gasteiger partial charge in [-0.2, -0.15) is 16.9 Å². The monoisotopic (exact) mass is 309 g/mol. The van der Waals surface area contributed by atoms with E-state index in [0.717, 1.165) is 19.3 Å². The molecule has 1 aromatic heterocycles. The normalized spacial score (nSPS) is 22.1. The number of aryl methyl sites for hydroxylation is 2. The van der Waals surface area contributed by atoms with Crippen molar-refractivity contribution >= 4 is 17.7 Å². The maximum absolute atomic E-state index is 12.5. The highest BCUT2D eigenvalue weighted by Gasteiger charge is 2.25. The largest absolute Gasteiger partial charge is 0.349 e. The molecule has 6 heteroatoms. The van der Waals surface area contributed by atoms with E-state index in [0.29, 0.717) is 16.5 Å². The average Bonchev–Trinajstić information content (AvgIpc) is 2.45. The van der Waals surface area contributed by atoms with Crippen molar-refractivity contribution < 1.29 is 4.79 Å². The van der Waals surface area contributed by atoms with E-state index in [-0.39, 0.29) is 23.1 Å². The first kappa shape index (κ1) is 16.1. The van der Waals surface area contributed by atoms with Crippen molar-refractivity contribution in [3.05, 3.63) is 27.2 Å². The molecule has 21 heavy (non-hydrogen) atoms. The molecule has 1 aromatic rings. The third-order valence-corrected chi connectivity index (χ3v) is 5.34. The molecule has 0 spiro atoms. The summed E-state index contributed by atoms with van der Waals surface area (Å²) in [5.74, 6) is -0.259. The van der Waals surface area contributed by atoms with Gasteiger partial charge in [0.05, 0.1) is 5.69 Å². The van der Waals surface area contributed by atoms with Crippen molar-refractivity contribution in [3.63, 3.8) is 0 Å². The highest BCUT2D eigenvalue weighted by Crippen LogP contribution is 2.27. The van der Waals surface area contributed by atoms with Gasteiger partial charge in [0, 0.05) is 18.3 Å². The number of nitrogens with one attached hydrogen (secondary N) is 1. The van der Waals surface area contributed by atoms with E-state index >= 15 is 0 Å². The van der Waals surface area contributed by atoms with E-state index in [9.17, 15) is 9.59 Å². The number of nitrogens with zero attached hydrogens (tertiary/aromatic N) is 2. The number of hydrogen-bond donors (Lipinski definition) is 1. The number of aromatic nitrogens is 2. The Kier molecular flexibility index (Phi) is 5.08. The van der Waals surface area contributed by atoms with Gasteiger partial charge in [0.1, 0.15) is 5.56 Å². The zero-order valence-electron chi connectivity index (χ0n) is 13.1. The Labute approximate surface area is 129 Å². The lowest BCUT2D eigenvalue weighted by atomic mass is 9.94. The molecule has 1 aliphatic rings. The third kappa shape index (κ3) is 3.48. The lowest BCUT2D eigenvalue weighted by Gasteiger charge is -2.28. The van der Waals surface area contributed by atoms with Crippen molar-refractivity contribution in [2.45, 2.75) is 50.8 Å². The summed E-state index contributed by atoms with van der Waals surface area (Å²) < 4.78 is 1.24. The molecule has 1 N–H and O–H groups in total. The predicted octanol–water partition coefficient (Wildman–Crippen LogP) is 1.80. The second-order valence-corrected chi connectivity index (χ2v) is 6.85. The highest BCUT2D eigenvalue weighted by atomic mass is 32.2. The Hall–Kier alpha value is -1.30. The molecule has 0 aromatic carbocycles. The Bertz CT molecular complexity index is 597. The van der Waals surface area contributed by atoms with Crippen LogP contribution >= 0.6 is 11.8 Å². The molecule has 116 valence electrons. The van der Waals surface area contributed by atoms with Crippen LogP contribution in [0.25, 0.3) is 0 Å². The summed E-state index contributed by atoms with van der Waals surface area (Å²) >= 11 is 1.86. The van der Waals surface area contributed by atoms with Gasteiger partial charge in [0.15, 0.2) is 0 Å². The van der Waals surface area contributed by atoms with Crippen LogP contribution < -0.4 is 10.9 Å². The number of rotatable bonds is 3.